The highest BCUT2D eigenvalue weighted by Gasteiger charge is 2.01. The third-order valence-electron chi connectivity index (χ3n) is 2.43. The van der Waals surface area contributed by atoms with E-state index in [0.29, 0.717) is 0 Å². The second kappa shape index (κ2) is 6.57. The first kappa shape index (κ1) is 12.2. The van der Waals surface area contributed by atoms with Crippen LogP contribution in [0.5, 0.6) is 0 Å². The van der Waals surface area contributed by atoms with Crippen LogP contribution in [0.2, 0.25) is 0 Å². The Hall–Kier alpha value is -0.890. The fourth-order valence-corrected chi connectivity index (χ4v) is 1.60. The molecule has 0 radical (unpaired) electrons. The normalized spacial score (nSPS) is 10.6. The van der Waals surface area contributed by atoms with Crippen molar-refractivity contribution in [2.75, 3.05) is 13.1 Å². The quantitative estimate of drug-likeness (QED) is 0.710. The van der Waals surface area contributed by atoms with Crippen molar-refractivity contribution in [3.8, 4) is 0 Å². The van der Waals surface area contributed by atoms with Gasteiger partial charge in [-0.05, 0) is 50.9 Å². The van der Waals surface area contributed by atoms with Crippen molar-refractivity contribution in [1.82, 2.24) is 5.32 Å². The molecule has 1 aromatic rings. The van der Waals surface area contributed by atoms with Gasteiger partial charge < -0.3 is 5.32 Å². The number of halogens is 1. The predicted molar refractivity (Wildman–Crippen MR) is 62.6 cm³/mol. The summed E-state index contributed by atoms with van der Waals surface area (Å²) in [4.78, 5) is 0. The smallest absolute Gasteiger partial charge is 0.126 e. The molecular weight excluding hydrogens is 189 g/mol. The van der Waals surface area contributed by atoms with Crippen molar-refractivity contribution in [1.29, 1.82) is 0 Å². The van der Waals surface area contributed by atoms with Gasteiger partial charge in [0.1, 0.15) is 5.82 Å². The molecule has 0 fully saturated rings. The molecule has 0 spiro atoms. The molecule has 0 bridgehead atoms. The lowest BCUT2D eigenvalue weighted by atomic mass is 10.1. The number of nitrogens with one attached hydrogen (secondary N) is 1. The van der Waals surface area contributed by atoms with Crippen LogP contribution in [-0.4, -0.2) is 13.1 Å². The molecule has 0 atom stereocenters. The molecule has 1 rings (SSSR count). The minimum absolute atomic E-state index is 0.0731. The van der Waals surface area contributed by atoms with Crippen LogP contribution in [0.25, 0.3) is 0 Å². The van der Waals surface area contributed by atoms with Crippen LogP contribution in [-0.2, 0) is 6.42 Å². The summed E-state index contributed by atoms with van der Waals surface area (Å²) in [6.45, 7) is 6.17. The van der Waals surface area contributed by atoms with E-state index in [-0.39, 0.29) is 5.82 Å². The Labute approximate surface area is 91.7 Å². The SMILES string of the molecule is CCCNCCCc1cc(C)ccc1F. The second-order valence-corrected chi connectivity index (χ2v) is 3.95. The lowest BCUT2D eigenvalue weighted by Crippen LogP contribution is -2.16. The Morgan fingerprint density at radius 1 is 1.27 bits per heavy atom. The zero-order valence-electron chi connectivity index (χ0n) is 9.65. The van der Waals surface area contributed by atoms with Crippen LogP contribution >= 0.6 is 0 Å². The first-order valence-electron chi connectivity index (χ1n) is 5.69. The van der Waals surface area contributed by atoms with Crippen LogP contribution in [0.1, 0.15) is 30.9 Å². The van der Waals surface area contributed by atoms with E-state index in [0.717, 1.165) is 43.5 Å². The van der Waals surface area contributed by atoms with Gasteiger partial charge in [0.05, 0.1) is 0 Å². The summed E-state index contributed by atoms with van der Waals surface area (Å²) in [5.74, 6) is -0.0731. The van der Waals surface area contributed by atoms with E-state index in [9.17, 15) is 4.39 Å². The maximum Gasteiger partial charge on any atom is 0.126 e. The molecule has 0 aromatic heterocycles. The summed E-state index contributed by atoms with van der Waals surface area (Å²) in [6, 6.07) is 5.31. The van der Waals surface area contributed by atoms with E-state index in [1.165, 1.54) is 0 Å². The van der Waals surface area contributed by atoms with E-state index in [2.05, 4.69) is 12.2 Å². The number of aryl methyl sites for hydroxylation is 2. The van der Waals surface area contributed by atoms with Gasteiger partial charge in [0.25, 0.3) is 0 Å². The summed E-state index contributed by atoms with van der Waals surface area (Å²) in [5, 5.41) is 3.32. The largest absolute Gasteiger partial charge is 0.317 e. The standard InChI is InChI=1S/C13H20FN/c1-3-8-15-9-4-5-12-10-11(2)6-7-13(12)14/h6-7,10,15H,3-5,8-9H2,1-2H3. The van der Waals surface area contributed by atoms with Crippen molar-refractivity contribution in [3.05, 3.63) is 35.1 Å². The lowest BCUT2D eigenvalue weighted by Gasteiger charge is -2.05. The molecule has 15 heavy (non-hydrogen) atoms. The molecule has 0 aliphatic rings. The average Bonchev–Trinajstić information content (AvgIpc) is 2.23. The fraction of sp³-hybridized carbons (Fsp3) is 0.538. The lowest BCUT2D eigenvalue weighted by molar-refractivity contribution is 0.591. The second-order valence-electron chi connectivity index (χ2n) is 3.95. The highest BCUT2D eigenvalue weighted by atomic mass is 19.1. The number of benzene rings is 1. The van der Waals surface area contributed by atoms with Gasteiger partial charge in [-0.3, -0.25) is 0 Å². The van der Waals surface area contributed by atoms with Crippen LogP contribution in [0.3, 0.4) is 0 Å². The van der Waals surface area contributed by atoms with Gasteiger partial charge in [-0.1, -0.05) is 24.6 Å². The number of rotatable bonds is 6. The van der Waals surface area contributed by atoms with Gasteiger partial charge >= 0.3 is 0 Å². The van der Waals surface area contributed by atoms with E-state index in [4.69, 9.17) is 0 Å². The maximum absolute atomic E-state index is 13.3. The third kappa shape index (κ3) is 4.43. The molecule has 1 aromatic carbocycles. The molecule has 0 saturated heterocycles. The van der Waals surface area contributed by atoms with Crippen molar-refractivity contribution in [3.63, 3.8) is 0 Å². The Morgan fingerprint density at radius 3 is 2.80 bits per heavy atom. The Balaban J connectivity index is 2.33. The molecule has 0 unspecified atom stereocenters. The van der Waals surface area contributed by atoms with E-state index in [1.54, 1.807) is 6.07 Å². The minimum atomic E-state index is -0.0731. The van der Waals surface area contributed by atoms with Crippen LogP contribution in [0.4, 0.5) is 4.39 Å². The number of hydrogen-bond donors (Lipinski definition) is 1. The fourth-order valence-electron chi connectivity index (χ4n) is 1.60. The summed E-state index contributed by atoms with van der Waals surface area (Å²) in [5.41, 5.74) is 1.97. The molecule has 84 valence electrons. The van der Waals surface area contributed by atoms with Gasteiger partial charge in [-0.15, -0.1) is 0 Å². The Morgan fingerprint density at radius 2 is 2.07 bits per heavy atom. The van der Waals surface area contributed by atoms with Gasteiger partial charge in [0, 0.05) is 0 Å². The van der Waals surface area contributed by atoms with Crippen molar-refractivity contribution >= 4 is 0 Å². The topological polar surface area (TPSA) is 12.0 Å². The summed E-state index contributed by atoms with van der Waals surface area (Å²) < 4.78 is 13.3. The molecule has 0 heterocycles. The summed E-state index contributed by atoms with van der Waals surface area (Å²) in [6.07, 6.45) is 2.98. The molecular formula is C13H20FN. The van der Waals surface area contributed by atoms with E-state index >= 15 is 0 Å². The zero-order chi connectivity index (χ0) is 11.1. The highest BCUT2D eigenvalue weighted by Crippen LogP contribution is 2.11. The molecule has 0 aliphatic heterocycles. The van der Waals surface area contributed by atoms with Gasteiger partial charge in [0.15, 0.2) is 0 Å². The summed E-state index contributed by atoms with van der Waals surface area (Å²) >= 11 is 0. The maximum atomic E-state index is 13.3. The molecule has 0 amide bonds. The first-order valence-corrected chi connectivity index (χ1v) is 5.69. The molecule has 1 nitrogen and oxygen atoms in total. The van der Waals surface area contributed by atoms with Gasteiger partial charge in [0.2, 0.25) is 0 Å². The van der Waals surface area contributed by atoms with Crippen LogP contribution < -0.4 is 5.32 Å². The van der Waals surface area contributed by atoms with Crippen molar-refractivity contribution in [2.45, 2.75) is 33.1 Å². The molecule has 0 aliphatic carbocycles. The highest BCUT2D eigenvalue weighted by molar-refractivity contribution is 5.24. The van der Waals surface area contributed by atoms with E-state index in [1.807, 2.05) is 19.1 Å². The predicted octanol–water partition coefficient (Wildman–Crippen LogP) is 3.07. The molecule has 0 saturated carbocycles. The number of hydrogen-bond acceptors (Lipinski definition) is 1. The Kier molecular flexibility index (Phi) is 5.33. The first-order chi connectivity index (χ1) is 7.24. The van der Waals surface area contributed by atoms with Gasteiger partial charge in [-0.25, -0.2) is 4.39 Å². The third-order valence-corrected chi connectivity index (χ3v) is 2.43. The minimum Gasteiger partial charge on any atom is -0.317 e. The molecule has 1 N–H and O–H groups in total. The summed E-state index contributed by atoms with van der Waals surface area (Å²) in [7, 11) is 0. The molecule has 2 heteroatoms. The van der Waals surface area contributed by atoms with Crippen LogP contribution in [0, 0.1) is 12.7 Å². The van der Waals surface area contributed by atoms with Crippen molar-refractivity contribution < 1.29 is 4.39 Å². The van der Waals surface area contributed by atoms with Crippen molar-refractivity contribution in [2.24, 2.45) is 0 Å². The average molecular weight is 209 g/mol. The zero-order valence-corrected chi connectivity index (χ0v) is 9.65. The van der Waals surface area contributed by atoms with Crippen LogP contribution in [0.15, 0.2) is 18.2 Å². The van der Waals surface area contributed by atoms with Gasteiger partial charge in [-0.2, -0.15) is 0 Å². The monoisotopic (exact) mass is 209 g/mol. The Bertz CT molecular complexity index is 297. The van der Waals surface area contributed by atoms with E-state index < -0.39 is 0 Å².